The second kappa shape index (κ2) is 16.3. The van der Waals surface area contributed by atoms with Crippen molar-refractivity contribution in [2.24, 2.45) is 0 Å². The van der Waals surface area contributed by atoms with Crippen LogP contribution in [0.3, 0.4) is 0 Å². The smallest absolute Gasteiger partial charge is 0.241 e. The number of nitrogens with zero attached hydrogens (tertiary/aromatic N) is 2. The van der Waals surface area contributed by atoms with Crippen molar-refractivity contribution in [1.82, 2.24) is 9.55 Å². The van der Waals surface area contributed by atoms with Gasteiger partial charge in [-0.05, 0) is 18.9 Å². The van der Waals surface area contributed by atoms with E-state index in [9.17, 15) is 0 Å². The molecule has 5 aromatic carbocycles. The quantitative estimate of drug-likeness (QED) is 0.129. The molecule has 44 heavy (non-hydrogen) atoms. The first-order chi connectivity index (χ1) is 21.8. The zero-order chi connectivity index (χ0) is 30.3. The van der Waals surface area contributed by atoms with Crippen LogP contribution < -0.4 is 26.8 Å². The van der Waals surface area contributed by atoms with Crippen LogP contribution in [0.15, 0.2) is 183 Å². The van der Waals surface area contributed by atoms with Gasteiger partial charge in [0.25, 0.3) is 0 Å². The zero-order valence-corrected chi connectivity index (χ0v) is 26.6. The fourth-order valence-electron chi connectivity index (χ4n) is 6.05. The Morgan fingerprint density at radius 3 is 1.41 bits per heavy atom. The Labute approximate surface area is 264 Å². The summed E-state index contributed by atoms with van der Waals surface area (Å²) in [5, 5.41) is 3.00. The van der Waals surface area contributed by atoms with Crippen LogP contribution in [0.4, 0.5) is 0 Å². The minimum atomic E-state index is -1.93. The van der Waals surface area contributed by atoms with Crippen molar-refractivity contribution < 1.29 is 0 Å². The number of aromatic nitrogens is 2. The van der Waals surface area contributed by atoms with Gasteiger partial charge < -0.3 is 4.57 Å². The van der Waals surface area contributed by atoms with Crippen LogP contribution in [0, 0.1) is 0 Å². The molecular formula is C40H41BN2Si. The summed E-state index contributed by atoms with van der Waals surface area (Å²) >= 11 is 0. The topological polar surface area (TPSA) is 17.8 Å². The van der Waals surface area contributed by atoms with E-state index in [0.29, 0.717) is 6.71 Å². The van der Waals surface area contributed by atoms with Gasteiger partial charge in [-0.25, -0.2) is 4.98 Å². The van der Waals surface area contributed by atoms with Gasteiger partial charge in [0.05, 0.1) is 6.33 Å². The molecule has 0 bridgehead atoms. The minimum Gasteiger partial charge on any atom is -0.340 e. The van der Waals surface area contributed by atoms with Crippen molar-refractivity contribution in [3.8, 4) is 0 Å². The fourth-order valence-corrected chi connectivity index (χ4v) is 10.6. The number of allylic oxidation sites excluding steroid dienone is 2. The maximum atomic E-state index is 4.27. The fraction of sp³-hybridized carbons (Fsp3) is 0.125. The number of imidazole rings is 1. The van der Waals surface area contributed by atoms with Crippen molar-refractivity contribution >= 4 is 41.5 Å². The Balaban J connectivity index is 0.000000181. The average molecular weight is 589 g/mol. The highest BCUT2D eigenvalue weighted by Crippen LogP contribution is 2.17. The Morgan fingerprint density at radius 1 is 0.591 bits per heavy atom. The molecule has 0 atom stereocenters. The van der Waals surface area contributed by atoms with Crippen LogP contribution >= 0.6 is 0 Å². The minimum absolute atomic E-state index is 0.309. The van der Waals surface area contributed by atoms with Gasteiger partial charge in [-0.2, -0.15) is 0 Å². The molecule has 0 radical (unpaired) electrons. The molecule has 218 valence electrons. The lowest BCUT2D eigenvalue weighted by Crippen LogP contribution is -2.61. The summed E-state index contributed by atoms with van der Waals surface area (Å²) in [6.45, 7) is 2.50. The summed E-state index contributed by atoms with van der Waals surface area (Å²) in [6.07, 6.45) is 13.8. The van der Waals surface area contributed by atoms with Gasteiger partial charge in [0.2, 0.25) is 6.71 Å². The van der Waals surface area contributed by atoms with E-state index in [4.69, 9.17) is 0 Å². The van der Waals surface area contributed by atoms with Crippen LogP contribution in [0.25, 0.3) is 0 Å². The monoisotopic (exact) mass is 588 g/mol. The third-order valence-corrected chi connectivity index (χ3v) is 13.1. The molecule has 2 nitrogen and oxygen atoms in total. The Hall–Kier alpha value is -4.67. The van der Waals surface area contributed by atoms with Gasteiger partial charge >= 0.3 is 0 Å². The largest absolute Gasteiger partial charge is 0.340 e. The first-order valence-electron chi connectivity index (χ1n) is 15.7. The molecule has 1 aromatic heterocycles. The van der Waals surface area contributed by atoms with Gasteiger partial charge in [-0.15, -0.1) is 0 Å². The lowest BCUT2D eigenvalue weighted by atomic mass is 9.37. The van der Waals surface area contributed by atoms with E-state index in [1.54, 1.807) is 0 Å². The van der Waals surface area contributed by atoms with Crippen LogP contribution in [0.2, 0.25) is 6.04 Å². The highest BCUT2D eigenvalue weighted by Gasteiger charge is 2.36. The first kappa shape index (κ1) is 30.8. The molecule has 0 aliphatic carbocycles. The van der Waals surface area contributed by atoms with Crippen molar-refractivity contribution in [2.75, 3.05) is 0 Å². The van der Waals surface area contributed by atoms with Crippen LogP contribution in [0.5, 0.6) is 0 Å². The molecule has 0 amide bonds. The maximum absolute atomic E-state index is 4.27. The SMILES string of the molecule is CCC=CCC[Si](Cn1ccnc1)(c1ccccc1)c1ccccc1.c1ccc(B(c2ccccc2)c2ccccc2)cc1. The van der Waals surface area contributed by atoms with Crippen LogP contribution in [0.1, 0.15) is 19.8 Å². The van der Waals surface area contributed by atoms with E-state index < -0.39 is 8.07 Å². The molecule has 0 N–H and O–H groups in total. The number of hydrogen-bond donors (Lipinski definition) is 0. The third kappa shape index (κ3) is 8.03. The first-order valence-corrected chi connectivity index (χ1v) is 18.1. The van der Waals surface area contributed by atoms with Crippen LogP contribution in [-0.4, -0.2) is 24.3 Å². The van der Waals surface area contributed by atoms with Crippen molar-refractivity contribution in [3.05, 3.63) is 183 Å². The van der Waals surface area contributed by atoms with E-state index in [1.165, 1.54) is 32.8 Å². The molecule has 1 heterocycles. The Bertz CT molecular complexity index is 1510. The second-order valence-corrected chi connectivity index (χ2v) is 15.3. The van der Waals surface area contributed by atoms with Crippen molar-refractivity contribution in [3.63, 3.8) is 0 Å². The lowest BCUT2D eigenvalue weighted by molar-refractivity contribution is 0.848. The number of hydrogen-bond acceptors (Lipinski definition) is 1. The predicted octanol–water partition coefficient (Wildman–Crippen LogP) is 6.24. The lowest BCUT2D eigenvalue weighted by Gasteiger charge is -2.33. The molecule has 0 aliphatic rings. The molecule has 6 rings (SSSR count). The van der Waals surface area contributed by atoms with E-state index in [0.717, 1.165) is 19.0 Å². The third-order valence-electron chi connectivity index (χ3n) is 8.20. The summed E-state index contributed by atoms with van der Waals surface area (Å²) < 4.78 is 2.26. The Morgan fingerprint density at radius 2 is 1.02 bits per heavy atom. The van der Waals surface area contributed by atoms with Gasteiger partial charge in [0.1, 0.15) is 8.07 Å². The van der Waals surface area contributed by atoms with Crippen LogP contribution in [-0.2, 0) is 6.17 Å². The number of benzene rings is 5. The molecule has 0 fully saturated rings. The highest BCUT2D eigenvalue weighted by atomic mass is 28.3. The summed E-state index contributed by atoms with van der Waals surface area (Å²) in [5.74, 6) is 0. The molecular weight excluding hydrogens is 547 g/mol. The molecule has 0 saturated carbocycles. The standard InChI is InChI=1S/C22H26N2Si.C18H15B/c1-2-3-4-11-18-25(20-24-17-16-23-19-24,21-12-7-5-8-13-21)22-14-9-6-10-15-22;1-4-10-16(11-5-1)19(17-12-6-2-7-13-17)18-14-8-3-9-15-18/h3-10,12-17,19H,2,11,18,20H2,1H3;1-15H. The molecule has 4 heteroatoms. The van der Waals surface area contributed by atoms with E-state index in [2.05, 4.69) is 186 Å². The maximum Gasteiger partial charge on any atom is 0.241 e. The summed E-state index contributed by atoms with van der Waals surface area (Å²) in [5.41, 5.74) is 4.00. The normalized spacial score (nSPS) is 11.1. The summed E-state index contributed by atoms with van der Waals surface area (Å²) in [7, 11) is -1.93. The van der Waals surface area contributed by atoms with Crippen molar-refractivity contribution in [2.45, 2.75) is 32.0 Å². The van der Waals surface area contributed by atoms with E-state index in [1.807, 2.05) is 12.5 Å². The van der Waals surface area contributed by atoms with Gasteiger partial charge in [0.15, 0.2) is 0 Å². The molecule has 0 saturated heterocycles. The molecule has 6 aromatic rings. The summed E-state index contributed by atoms with van der Waals surface area (Å²) in [6, 6.07) is 55.4. The van der Waals surface area contributed by atoms with Crippen molar-refractivity contribution in [1.29, 1.82) is 0 Å². The number of rotatable bonds is 11. The summed E-state index contributed by atoms with van der Waals surface area (Å²) in [4.78, 5) is 4.27. The molecule has 0 spiro atoms. The molecule has 0 unspecified atom stereocenters. The highest BCUT2D eigenvalue weighted by molar-refractivity contribution is 7.01. The van der Waals surface area contributed by atoms with Gasteiger partial charge in [0, 0.05) is 18.6 Å². The zero-order valence-electron chi connectivity index (χ0n) is 25.6. The van der Waals surface area contributed by atoms with Gasteiger partial charge in [-0.1, -0.05) is 197 Å². The Kier molecular flexibility index (Phi) is 11.4. The van der Waals surface area contributed by atoms with E-state index in [-0.39, 0.29) is 0 Å². The average Bonchev–Trinajstić information content (AvgIpc) is 3.62. The second-order valence-electron chi connectivity index (χ2n) is 11.1. The van der Waals surface area contributed by atoms with Gasteiger partial charge in [-0.3, -0.25) is 0 Å². The predicted molar refractivity (Wildman–Crippen MR) is 193 cm³/mol. The molecule has 0 aliphatic heterocycles. The van der Waals surface area contributed by atoms with E-state index >= 15 is 0 Å².